The van der Waals surface area contributed by atoms with Crippen molar-refractivity contribution >= 4 is 23.3 Å². The molecular formula is C27H25N5O3. The number of nitrogens with zero attached hydrogens (tertiary/aromatic N) is 2. The topological polar surface area (TPSA) is 111 Å². The molecule has 0 saturated heterocycles. The molecular weight excluding hydrogens is 442 g/mol. The summed E-state index contributed by atoms with van der Waals surface area (Å²) in [4.78, 5) is 25.0. The van der Waals surface area contributed by atoms with Gasteiger partial charge in [0.05, 0.1) is 12.7 Å². The molecule has 4 aromatic rings. The fourth-order valence-corrected chi connectivity index (χ4v) is 4.29. The van der Waals surface area contributed by atoms with Gasteiger partial charge in [-0.1, -0.05) is 54.6 Å². The lowest BCUT2D eigenvalue weighted by Crippen LogP contribution is -2.23. The maximum absolute atomic E-state index is 12.6. The summed E-state index contributed by atoms with van der Waals surface area (Å²) in [5.74, 6) is 0.369. The lowest BCUT2D eigenvalue weighted by molar-refractivity contribution is 0.0946. The Morgan fingerprint density at radius 2 is 1.80 bits per heavy atom. The van der Waals surface area contributed by atoms with Crippen LogP contribution in [0.25, 0.3) is 11.3 Å². The van der Waals surface area contributed by atoms with E-state index in [1.54, 1.807) is 22.9 Å². The number of anilines is 2. The largest absolute Gasteiger partial charge is 0.496 e. The van der Waals surface area contributed by atoms with Crippen LogP contribution in [0.4, 0.5) is 11.5 Å². The number of para-hydroxylation sites is 2. The lowest BCUT2D eigenvalue weighted by atomic mass is 10.0. The van der Waals surface area contributed by atoms with E-state index in [-0.39, 0.29) is 5.91 Å². The molecule has 0 radical (unpaired) electrons. The summed E-state index contributed by atoms with van der Waals surface area (Å²) in [6, 6.07) is 22.6. The Hall–Kier alpha value is -4.59. The van der Waals surface area contributed by atoms with Gasteiger partial charge in [-0.25, -0.2) is 4.68 Å². The third-order valence-corrected chi connectivity index (χ3v) is 6.09. The van der Waals surface area contributed by atoms with Crippen molar-refractivity contribution in [2.75, 3.05) is 12.4 Å². The zero-order valence-corrected chi connectivity index (χ0v) is 19.2. The van der Waals surface area contributed by atoms with Crippen molar-refractivity contribution < 1.29 is 14.3 Å². The van der Waals surface area contributed by atoms with Gasteiger partial charge >= 0.3 is 0 Å². The summed E-state index contributed by atoms with van der Waals surface area (Å²) >= 11 is 0. The molecule has 1 aliphatic rings. The molecule has 8 nitrogen and oxygen atoms in total. The number of aromatic nitrogens is 2. The van der Waals surface area contributed by atoms with Gasteiger partial charge in [0.25, 0.3) is 11.8 Å². The van der Waals surface area contributed by atoms with E-state index in [1.807, 2.05) is 48.5 Å². The molecule has 2 amide bonds. The number of hydrogen-bond acceptors (Lipinski definition) is 5. The van der Waals surface area contributed by atoms with Gasteiger partial charge in [-0.3, -0.25) is 9.59 Å². The maximum Gasteiger partial charge on any atom is 0.255 e. The van der Waals surface area contributed by atoms with Crippen molar-refractivity contribution in [3.05, 3.63) is 95.1 Å². The van der Waals surface area contributed by atoms with Gasteiger partial charge in [-0.2, -0.15) is 5.10 Å². The van der Waals surface area contributed by atoms with Crippen LogP contribution in [0.2, 0.25) is 0 Å². The average molecular weight is 468 g/mol. The van der Waals surface area contributed by atoms with E-state index in [9.17, 15) is 9.59 Å². The number of ether oxygens (including phenoxy) is 1. The minimum absolute atomic E-state index is 0.216. The summed E-state index contributed by atoms with van der Waals surface area (Å²) in [7, 11) is 1.54. The third-order valence-electron chi connectivity index (χ3n) is 6.09. The Labute approximate surface area is 202 Å². The van der Waals surface area contributed by atoms with E-state index < -0.39 is 5.91 Å². The molecule has 3 aromatic carbocycles. The highest BCUT2D eigenvalue weighted by atomic mass is 16.5. The first-order chi connectivity index (χ1) is 17.0. The number of primary amides is 1. The molecule has 0 saturated carbocycles. The SMILES string of the molecule is COc1ccccc1C(=O)NCc1ccc(-c2nn3c(c2C(N)=O)Nc2ccccc2CC3)cc1. The summed E-state index contributed by atoms with van der Waals surface area (Å²) in [6.45, 7) is 0.977. The molecule has 5 rings (SSSR count). The summed E-state index contributed by atoms with van der Waals surface area (Å²) in [5, 5.41) is 11.0. The second-order valence-corrected chi connectivity index (χ2v) is 8.27. The molecule has 176 valence electrons. The van der Waals surface area contributed by atoms with E-state index in [1.165, 1.54) is 7.11 Å². The molecule has 35 heavy (non-hydrogen) atoms. The zero-order chi connectivity index (χ0) is 24.4. The summed E-state index contributed by atoms with van der Waals surface area (Å²) in [5.41, 5.74) is 10.9. The number of benzene rings is 3. The number of methoxy groups -OCH3 is 1. The number of aryl methyl sites for hydroxylation is 2. The van der Waals surface area contributed by atoms with E-state index in [0.717, 1.165) is 28.8 Å². The van der Waals surface area contributed by atoms with Crippen LogP contribution < -0.4 is 21.1 Å². The molecule has 0 fully saturated rings. The van der Waals surface area contributed by atoms with Gasteiger partial charge in [-0.05, 0) is 35.7 Å². The molecule has 2 heterocycles. The van der Waals surface area contributed by atoms with Crippen LogP contribution in [0.5, 0.6) is 5.75 Å². The molecule has 1 aliphatic heterocycles. The predicted octanol–water partition coefficient (Wildman–Crippen LogP) is 3.89. The fraction of sp³-hybridized carbons (Fsp3) is 0.148. The smallest absolute Gasteiger partial charge is 0.255 e. The Morgan fingerprint density at radius 3 is 2.57 bits per heavy atom. The average Bonchev–Trinajstić information content (AvgIpc) is 3.15. The Balaban J connectivity index is 1.37. The molecule has 4 N–H and O–H groups in total. The molecule has 0 spiro atoms. The van der Waals surface area contributed by atoms with E-state index >= 15 is 0 Å². The Kier molecular flexibility index (Phi) is 5.93. The minimum atomic E-state index is -0.540. The number of carbonyl (C=O) groups is 2. The number of nitrogens with one attached hydrogen (secondary N) is 2. The van der Waals surface area contributed by atoms with Crippen molar-refractivity contribution in [2.24, 2.45) is 5.73 Å². The number of fused-ring (bicyclic) bond motifs is 2. The van der Waals surface area contributed by atoms with Crippen LogP contribution in [0.15, 0.2) is 72.8 Å². The van der Waals surface area contributed by atoms with Crippen molar-refractivity contribution in [2.45, 2.75) is 19.5 Å². The molecule has 0 unspecified atom stereocenters. The maximum atomic E-state index is 12.6. The van der Waals surface area contributed by atoms with E-state index in [2.05, 4.69) is 16.7 Å². The van der Waals surface area contributed by atoms with Crippen LogP contribution in [-0.2, 0) is 19.5 Å². The zero-order valence-electron chi connectivity index (χ0n) is 19.2. The van der Waals surface area contributed by atoms with Gasteiger partial charge in [0.1, 0.15) is 22.8 Å². The second kappa shape index (κ2) is 9.34. The highest BCUT2D eigenvalue weighted by Crippen LogP contribution is 2.34. The highest BCUT2D eigenvalue weighted by Gasteiger charge is 2.25. The Bertz CT molecular complexity index is 1410. The van der Waals surface area contributed by atoms with Gasteiger partial charge in [0.15, 0.2) is 0 Å². The highest BCUT2D eigenvalue weighted by molar-refractivity contribution is 6.04. The van der Waals surface area contributed by atoms with Crippen molar-refractivity contribution in [1.82, 2.24) is 15.1 Å². The number of nitrogens with two attached hydrogens (primary N) is 1. The quantitative estimate of drug-likeness (QED) is 0.398. The van der Waals surface area contributed by atoms with Crippen LogP contribution in [0.3, 0.4) is 0 Å². The summed E-state index contributed by atoms with van der Waals surface area (Å²) < 4.78 is 7.07. The number of rotatable bonds is 6. The van der Waals surface area contributed by atoms with Gasteiger partial charge in [0, 0.05) is 24.3 Å². The molecule has 0 bridgehead atoms. The van der Waals surface area contributed by atoms with E-state index in [4.69, 9.17) is 15.6 Å². The fourth-order valence-electron chi connectivity index (χ4n) is 4.29. The molecule has 0 atom stereocenters. The first kappa shape index (κ1) is 22.2. The minimum Gasteiger partial charge on any atom is -0.496 e. The van der Waals surface area contributed by atoms with Crippen molar-refractivity contribution in [1.29, 1.82) is 0 Å². The van der Waals surface area contributed by atoms with Crippen molar-refractivity contribution in [3.63, 3.8) is 0 Å². The number of carbonyl (C=O) groups excluding carboxylic acids is 2. The molecule has 8 heteroatoms. The standard InChI is InChI=1S/C27H25N5O3/c1-35-22-9-5-3-7-20(22)27(34)29-16-17-10-12-19(13-11-17)24-23(25(28)33)26-30-21-8-4-2-6-18(21)14-15-32(26)31-24/h2-13,30H,14-16H2,1H3,(H2,28,33)(H,29,34). The van der Waals surface area contributed by atoms with E-state index in [0.29, 0.717) is 41.5 Å². The first-order valence-corrected chi connectivity index (χ1v) is 11.3. The van der Waals surface area contributed by atoms with Crippen LogP contribution in [0, 0.1) is 0 Å². The molecule has 0 aliphatic carbocycles. The van der Waals surface area contributed by atoms with Crippen LogP contribution >= 0.6 is 0 Å². The van der Waals surface area contributed by atoms with Crippen LogP contribution in [0.1, 0.15) is 31.8 Å². The predicted molar refractivity (Wildman–Crippen MR) is 134 cm³/mol. The Morgan fingerprint density at radius 1 is 1.06 bits per heavy atom. The molecule has 1 aromatic heterocycles. The van der Waals surface area contributed by atoms with Gasteiger partial charge < -0.3 is 21.1 Å². The van der Waals surface area contributed by atoms with Crippen molar-refractivity contribution in [3.8, 4) is 17.0 Å². The lowest BCUT2D eigenvalue weighted by Gasteiger charge is -2.10. The number of amides is 2. The first-order valence-electron chi connectivity index (χ1n) is 11.3. The normalized spacial score (nSPS) is 12.0. The monoisotopic (exact) mass is 467 g/mol. The van der Waals surface area contributed by atoms with Crippen LogP contribution in [-0.4, -0.2) is 28.7 Å². The van der Waals surface area contributed by atoms with Gasteiger partial charge in [-0.15, -0.1) is 0 Å². The second-order valence-electron chi connectivity index (χ2n) is 8.27. The van der Waals surface area contributed by atoms with Gasteiger partial charge in [0.2, 0.25) is 0 Å². The summed E-state index contributed by atoms with van der Waals surface area (Å²) in [6.07, 6.45) is 0.792. The third kappa shape index (κ3) is 4.33. The number of hydrogen-bond donors (Lipinski definition) is 3.